The fourth-order valence-electron chi connectivity index (χ4n) is 4.69. The Balaban J connectivity index is 1.61. The third-order valence-electron chi connectivity index (χ3n) is 6.19. The Hall–Kier alpha value is -1.06. The second-order valence-corrected chi connectivity index (χ2v) is 7.98. The van der Waals surface area contributed by atoms with E-state index in [0.29, 0.717) is 18.0 Å². The van der Waals surface area contributed by atoms with Gasteiger partial charge in [-0.05, 0) is 56.8 Å². The van der Waals surface area contributed by atoms with Crippen molar-refractivity contribution in [2.24, 2.45) is 0 Å². The van der Waals surface area contributed by atoms with Crippen LogP contribution < -0.4 is 0 Å². The summed E-state index contributed by atoms with van der Waals surface area (Å²) in [5.41, 5.74) is 0.794. The summed E-state index contributed by atoms with van der Waals surface area (Å²) >= 11 is 6.19. The highest BCUT2D eigenvalue weighted by Gasteiger charge is 2.50. The van der Waals surface area contributed by atoms with Gasteiger partial charge in [0.05, 0.1) is 5.41 Å². The molecule has 3 nitrogen and oxygen atoms in total. The number of amides is 1. The molecule has 4 rings (SSSR count). The summed E-state index contributed by atoms with van der Waals surface area (Å²) in [5, 5.41) is 0.732. The molecule has 1 aromatic carbocycles. The summed E-state index contributed by atoms with van der Waals surface area (Å²) in [6.45, 7) is 5.34. The summed E-state index contributed by atoms with van der Waals surface area (Å²) in [7, 11) is 0. The minimum atomic E-state index is -0.320. The van der Waals surface area contributed by atoms with Crippen LogP contribution in [0.3, 0.4) is 0 Å². The third-order valence-corrected chi connectivity index (χ3v) is 6.43. The van der Waals surface area contributed by atoms with E-state index in [-0.39, 0.29) is 5.41 Å². The van der Waals surface area contributed by atoms with Gasteiger partial charge in [0.1, 0.15) is 0 Å². The fourth-order valence-corrected chi connectivity index (χ4v) is 4.88. The maximum atomic E-state index is 13.5. The van der Waals surface area contributed by atoms with Gasteiger partial charge in [0.25, 0.3) is 0 Å². The fraction of sp³-hybridized carbons (Fsp3) is 0.632. The smallest absolute Gasteiger partial charge is 0.233 e. The standard InChI is InChI=1S/C19H25ClN2O/c1-14-12-21-10-3-7-17(21)13-22(14)18(23)19(8-4-9-19)15-5-2-6-16(20)11-15/h2,5-6,11,14,17H,3-4,7-10,12-13H2,1H3. The van der Waals surface area contributed by atoms with Gasteiger partial charge >= 0.3 is 0 Å². The molecule has 3 fully saturated rings. The Morgan fingerprint density at radius 2 is 2.09 bits per heavy atom. The van der Waals surface area contributed by atoms with Gasteiger partial charge < -0.3 is 4.90 Å². The third kappa shape index (κ3) is 2.49. The summed E-state index contributed by atoms with van der Waals surface area (Å²) < 4.78 is 0. The van der Waals surface area contributed by atoms with Crippen LogP contribution in [0.15, 0.2) is 24.3 Å². The highest BCUT2D eigenvalue weighted by atomic mass is 35.5. The predicted molar refractivity (Wildman–Crippen MR) is 92.8 cm³/mol. The lowest BCUT2D eigenvalue weighted by atomic mass is 9.63. The predicted octanol–water partition coefficient (Wildman–Crippen LogP) is 3.46. The van der Waals surface area contributed by atoms with Crippen molar-refractivity contribution in [3.8, 4) is 0 Å². The Bertz CT molecular complexity index is 613. The van der Waals surface area contributed by atoms with E-state index in [1.54, 1.807) is 0 Å². The van der Waals surface area contributed by atoms with Crippen molar-refractivity contribution in [2.75, 3.05) is 19.6 Å². The van der Waals surface area contributed by atoms with Crippen LogP contribution in [0, 0.1) is 0 Å². The summed E-state index contributed by atoms with van der Waals surface area (Å²) in [6.07, 6.45) is 5.57. The van der Waals surface area contributed by atoms with Crippen LogP contribution >= 0.6 is 11.6 Å². The maximum Gasteiger partial charge on any atom is 0.233 e. The molecular weight excluding hydrogens is 308 g/mol. The highest BCUT2D eigenvalue weighted by molar-refractivity contribution is 6.30. The lowest BCUT2D eigenvalue weighted by Crippen LogP contribution is -2.61. The van der Waals surface area contributed by atoms with Crippen molar-refractivity contribution < 1.29 is 4.79 Å². The first kappa shape index (κ1) is 15.5. The number of carbonyl (C=O) groups is 1. The SMILES string of the molecule is CC1CN2CCCC2CN1C(=O)C1(c2cccc(Cl)c2)CCC1. The van der Waals surface area contributed by atoms with Gasteiger partial charge in [-0.3, -0.25) is 9.69 Å². The lowest BCUT2D eigenvalue weighted by Gasteiger charge is -2.49. The number of nitrogens with zero attached hydrogens (tertiary/aromatic N) is 2. The van der Waals surface area contributed by atoms with Gasteiger partial charge in [0.2, 0.25) is 5.91 Å². The highest BCUT2D eigenvalue weighted by Crippen LogP contribution is 2.46. The first-order valence-corrected chi connectivity index (χ1v) is 9.29. The monoisotopic (exact) mass is 332 g/mol. The van der Waals surface area contributed by atoms with E-state index in [0.717, 1.165) is 42.9 Å². The second-order valence-electron chi connectivity index (χ2n) is 7.54. The molecular formula is C19H25ClN2O. The molecule has 1 aliphatic carbocycles. The van der Waals surface area contributed by atoms with Crippen LogP contribution in [0.1, 0.15) is 44.6 Å². The molecule has 2 atom stereocenters. The zero-order valence-electron chi connectivity index (χ0n) is 13.8. The van der Waals surface area contributed by atoms with Crippen molar-refractivity contribution >= 4 is 17.5 Å². The van der Waals surface area contributed by atoms with Crippen LogP contribution in [0.5, 0.6) is 0 Å². The lowest BCUT2D eigenvalue weighted by molar-refractivity contribution is -0.146. The van der Waals surface area contributed by atoms with E-state index in [2.05, 4.69) is 22.8 Å². The largest absolute Gasteiger partial charge is 0.336 e. The molecule has 2 heterocycles. The summed E-state index contributed by atoms with van der Waals surface area (Å²) in [4.78, 5) is 18.2. The number of benzene rings is 1. The summed E-state index contributed by atoms with van der Waals surface area (Å²) in [6, 6.07) is 8.83. The Morgan fingerprint density at radius 1 is 1.26 bits per heavy atom. The first-order valence-electron chi connectivity index (χ1n) is 8.91. The molecule has 23 heavy (non-hydrogen) atoms. The van der Waals surface area contributed by atoms with E-state index in [1.807, 2.05) is 18.2 Å². The summed E-state index contributed by atoms with van der Waals surface area (Å²) in [5.74, 6) is 0.338. The van der Waals surface area contributed by atoms with Crippen LogP contribution in [0.25, 0.3) is 0 Å². The van der Waals surface area contributed by atoms with Crippen LogP contribution in [-0.2, 0) is 10.2 Å². The van der Waals surface area contributed by atoms with Gasteiger partial charge in [-0.2, -0.15) is 0 Å². The molecule has 1 aromatic rings. The van der Waals surface area contributed by atoms with Crippen LogP contribution in [0.4, 0.5) is 0 Å². The van der Waals surface area contributed by atoms with Crippen molar-refractivity contribution in [2.45, 2.75) is 56.5 Å². The molecule has 0 spiro atoms. The van der Waals surface area contributed by atoms with E-state index >= 15 is 0 Å². The topological polar surface area (TPSA) is 23.6 Å². The molecule has 2 unspecified atom stereocenters. The van der Waals surface area contributed by atoms with Crippen molar-refractivity contribution in [3.63, 3.8) is 0 Å². The Labute approximate surface area is 143 Å². The molecule has 0 radical (unpaired) electrons. The second kappa shape index (κ2) is 5.78. The van der Waals surface area contributed by atoms with Crippen molar-refractivity contribution in [3.05, 3.63) is 34.9 Å². The van der Waals surface area contributed by atoms with E-state index < -0.39 is 0 Å². The number of fused-ring (bicyclic) bond motifs is 1. The van der Waals surface area contributed by atoms with E-state index in [9.17, 15) is 4.79 Å². The molecule has 4 heteroatoms. The molecule has 124 valence electrons. The average molecular weight is 333 g/mol. The minimum Gasteiger partial charge on any atom is -0.336 e. The number of hydrogen-bond donors (Lipinski definition) is 0. The molecule has 0 N–H and O–H groups in total. The van der Waals surface area contributed by atoms with Crippen molar-refractivity contribution in [1.82, 2.24) is 9.80 Å². The average Bonchev–Trinajstić information content (AvgIpc) is 2.92. The molecule has 2 aliphatic heterocycles. The van der Waals surface area contributed by atoms with Gasteiger partial charge in [-0.25, -0.2) is 0 Å². The zero-order valence-corrected chi connectivity index (χ0v) is 14.6. The number of carbonyl (C=O) groups excluding carboxylic acids is 1. The number of hydrogen-bond acceptors (Lipinski definition) is 2. The number of halogens is 1. The van der Waals surface area contributed by atoms with Crippen LogP contribution in [0.2, 0.25) is 5.02 Å². The van der Waals surface area contributed by atoms with Gasteiger partial charge in [-0.1, -0.05) is 30.2 Å². The number of piperazine rings is 1. The quantitative estimate of drug-likeness (QED) is 0.828. The van der Waals surface area contributed by atoms with E-state index in [1.165, 1.54) is 19.4 Å². The molecule has 3 aliphatic rings. The minimum absolute atomic E-state index is 0.313. The molecule has 0 aromatic heterocycles. The molecule has 2 saturated heterocycles. The molecule has 1 saturated carbocycles. The molecule has 0 bridgehead atoms. The Kier molecular flexibility index (Phi) is 3.89. The van der Waals surface area contributed by atoms with Crippen molar-refractivity contribution in [1.29, 1.82) is 0 Å². The van der Waals surface area contributed by atoms with Gasteiger partial charge in [0, 0.05) is 30.2 Å². The zero-order chi connectivity index (χ0) is 16.0. The first-order chi connectivity index (χ1) is 11.1. The number of rotatable bonds is 2. The molecule has 1 amide bonds. The maximum absolute atomic E-state index is 13.5. The van der Waals surface area contributed by atoms with Gasteiger partial charge in [0.15, 0.2) is 0 Å². The normalized spacial score (nSPS) is 29.9. The Morgan fingerprint density at radius 3 is 2.78 bits per heavy atom. The van der Waals surface area contributed by atoms with Gasteiger partial charge in [-0.15, -0.1) is 0 Å². The van der Waals surface area contributed by atoms with Crippen LogP contribution in [-0.4, -0.2) is 47.4 Å². The van der Waals surface area contributed by atoms with E-state index in [4.69, 9.17) is 11.6 Å².